The molecule has 0 saturated heterocycles. The quantitative estimate of drug-likeness (QED) is 0.465. The van der Waals surface area contributed by atoms with E-state index in [1.54, 1.807) is 12.1 Å². The molecule has 0 saturated carbocycles. The van der Waals surface area contributed by atoms with Crippen LogP contribution in [0.15, 0.2) is 24.3 Å². The maximum Gasteiger partial charge on any atom is 0.269 e. The van der Waals surface area contributed by atoms with E-state index < -0.39 is 4.92 Å². The summed E-state index contributed by atoms with van der Waals surface area (Å²) in [7, 11) is 0. The predicted molar refractivity (Wildman–Crippen MR) is 67.5 cm³/mol. The zero-order chi connectivity index (χ0) is 12.7. The fraction of sp³-hybridized carbons (Fsp3) is 0.385. The third-order valence-corrected chi connectivity index (χ3v) is 2.45. The fourth-order valence-electron chi connectivity index (χ4n) is 1.55. The molecule has 0 aromatic heterocycles. The van der Waals surface area contributed by atoms with E-state index in [-0.39, 0.29) is 11.7 Å². The van der Waals surface area contributed by atoms with Crippen LogP contribution < -0.4 is 5.32 Å². The average Bonchev–Trinajstić information content (AvgIpc) is 2.34. The van der Waals surface area contributed by atoms with Crippen LogP contribution in [0.25, 0.3) is 0 Å². The highest BCUT2D eigenvalue weighted by atomic mass is 16.6. The lowest BCUT2D eigenvalue weighted by molar-refractivity contribution is -0.384. The van der Waals surface area contributed by atoms with Gasteiger partial charge >= 0.3 is 0 Å². The van der Waals surface area contributed by atoms with Gasteiger partial charge in [0.15, 0.2) is 0 Å². The highest BCUT2D eigenvalue weighted by Crippen LogP contribution is 2.13. The Morgan fingerprint density at radius 1 is 1.59 bits per heavy atom. The molecule has 1 aromatic rings. The number of rotatable bonds is 6. The Hall–Kier alpha value is -1.86. The first kappa shape index (κ1) is 13.2. The molecule has 1 atom stereocenters. The van der Waals surface area contributed by atoms with Crippen LogP contribution >= 0.6 is 0 Å². The predicted octanol–water partition coefficient (Wildman–Crippen LogP) is 2.49. The highest BCUT2D eigenvalue weighted by Gasteiger charge is 2.07. The third kappa shape index (κ3) is 4.25. The van der Waals surface area contributed by atoms with E-state index >= 15 is 0 Å². The van der Waals surface area contributed by atoms with Gasteiger partial charge in [-0.1, -0.05) is 31.4 Å². The Kier molecular flexibility index (Phi) is 5.18. The minimum atomic E-state index is -0.395. The minimum Gasteiger partial charge on any atom is -0.300 e. The van der Waals surface area contributed by atoms with E-state index in [0.717, 1.165) is 18.4 Å². The zero-order valence-electron chi connectivity index (χ0n) is 9.85. The van der Waals surface area contributed by atoms with Crippen molar-refractivity contribution in [3.8, 4) is 12.3 Å². The number of hydrogen-bond acceptors (Lipinski definition) is 3. The van der Waals surface area contributed by atoms with E-state index in [1.165, 1.54) is 6.07 Å². The number of nitro groups is 1. The lowest BCUT2D eigenvalue weighted by Gasteiger charge is -2.11. The molecule has 1 unspecified atom stereocenters. The molecule has 0 amide bonds. The summed E-state index contributed by atoms with van der Waals surface area (Å²) < 4.78 is 0. The number of nitro benzene ring substituents is 1. The van der Waals surface area contributed by atoms with Crippen molar-refractivity contribution in [2.45, 2.75) is 32.4 Å². The maximum absolute atomic E-state index is 10.6. The molecule has 4 heteroatoms. The number of non-ortho nitro benzene ring substituents is 1. The topological polar surface area (TPSA) is 55.2 Å². The fourth-order valence-corrected chi connectivity index (χ4v) is 1.55. The second kappa shape index (κ2) is 6.66. The zero-order valence-corrected chi connectivity index (χ0v) is 9.85. The van der Waals surface area contributed by atoms with Gasteiger partial charge in [-0.25, -0.2) is 0 Å². The van der Waals surface area contributed by atoms with Crippen molar-refractivity contribution < 1.29 is 4.92 Å². The second-order valence-corrected chi connectivity index (χ2v) is 3.82. The Morgan fingerprint density at radius 2 is 2.35 bits per heavy atom. The van der Waals surface area contributed by atoms with E-state index in [9.17, 15) is 10.1 Å². The van der Waals surface area contributed by atoms with Gasteiger partial charge in [-0.05, 0) is 12.0 Å². The van der Waals surface area contributed by atoms with Gasteiger partial charge in [0.1, 0.15) is 0 Å². The summed E-state index contributed by atoms with van der Waals surface area (Å²) in [5, 5.41) is 13.8. The molecule has 0 radical (unpaired) electrons. The molecule has 17 heavy (non-hydrogen) atoms. The lowest BCUT2D eigenvalue weighted by Crippen LogP contribution is -2.26. The first-order valence-corrected chi connectivity index (χ1v) is 5.60. The van der Waals surface area contributed by atoms with Crippen LogP contribution in [0, 0.1) is 22.5 Å². The van der Waals surface area contributed by atoms with Gasteiger partial charge in [-0.15, -0.1) is 6.42 Å². The van der Waals surface area contributed by atoms with Crippen LogP contribution in [0.1, 0.15) is 25.3 Å². The Balaban J connectivity index is 2.60. The van der Waals surface area contributed by atoms with Gasteiger partial charge in [0.25, 0.3) is 5.69 Å². The van der Waals surface area contributed by atoms with Crippen LogP contribution in [0.4, 0.5) is 5.69 Å². The Labute approximate surface area is 101 Å². The van der Waals surface area contributed by atoms with Gasteiger partial charge < -0.3 is 0 Å². The van der Waals surface area contributed by atoms with Gasteiger partial charge in [0.2, 0.25) is 0 Å². The first-order chi connectivity index (χ1) is 8.17. The molecule has 1 N–H and O–H groups in total. The van der Waals surface area contributed by atoms with Crippen molar-refractivity contribution in [3.05, 3.63) is 39.9 Å². The van der Waals surface area contributed by atoms with E-state index in [2.05, 4.69) is 18.2 Å². The average molecular weight is 232 g/mol. The monoisotopic (exact) mass is 232 g/mol. The summed E-state index contributed by atoms with van der Waals surface area (Å²) >= 11 is 0. The molecule has 1 aromatic carbocycles. The standard InChI is InChI=1S/C13H16N2O2/c1-3-6-12(4-2)14-10-11-7-5-8-13(9-11)15(16)17/h2,5,7-9,12,14H,3,6,10H2,1H3. The summed E-state index contributed by atoms with van der Waals surface area (Å²) in [5.41, 5.74) is 0.979. The molecule has 4 nitrogen and oxygen atoms in total. The van der Waals surface area contributed by atoms with Crippen molar-refractivity contribution in [2.24, 2.45) is 0 Å². The summed E-state index contributed by atoms with van der Waals surface area (Å²) in [6, 6.07) is 6.60. The summed E-state index contributed by atoms with van der Waals surface area (Å²) in [5.74, 6) is 2.67. The van der Waals surface area contributed by atoms with Crippen LogP contribution in [0.2, 0.25) is 0 Å². The maximum atomic E-state index is 10.6. The Bertz CT molecular complexity index is 424. The van der Waals surface area contributed by atoms with Crippen LogP contribution in [-0.4, -0.2) is 11.0 Å². The molecule has 1 rings (SSSR count). The number of terminal acetylenes is 1. The SMILES string of the molecule is C#CC(CCC)NCc1cccc([N+](=O)[O-])c1. The minimum absolute atomic E-state index is 0.0271. The first-order valence-electron chi connectivity index (χ1n) is 5.60. The molecule has 0 spiro atoms. The summed E-state index contributed by atoms with van der Waals surface area (Å²) in [4.78, 5) is 10.2. The molecular formula is C13H16N2O2. The third-order valence-electron chi connectivity index (χ3n) is 2.45. The largest absolute Gasteiger partial charge is 0.300 e. The molecule has 0 fully saturated rings. The number of hydrogen-bond donors (Lipinski definition) is 1. The number of nitrogens with zero attached hydrogens (tertiary/aromatic N) is 1. The van der Waals surface area contributed by atoms with E-state index in [4.69, 9.17) is 6.42 Å². The molecule has 0 heterocycles. The molecule has 0 aliphatic rings. The van der Waals surface area contributed by atoms with Crippen molar-refractivity contribution in [1.82, 2.24) is 5.32 Å². The molecule has 0 aliphatic heterocycles. The van der Waals surface area contributed by atoms with Gasteiger partial charge in [0.05, 0.1) is 11.0 Å². The molecule has 90 valence electrons. The van der Waals surface area contributed by atoms with Gasteiger partial charge in [-0.3, -0.25) is 15.4 Å². The lowest BCUT2D eigenvalue weighted by atomic mass is 10.1. The van der Waals surface area contributed by atoms with Crippen LogP contribution in [0.5, 0.6) is 0 Å². The summed E-state index contributed by atoms with van der Waals surface area (Å²) in [6.45, 7) is 2.62. The molecule has 0 bridgehead atoms. The van der Waals surface area contributed by atoms with Crippen LogP contribution in [-0.2, 0) is 6.54 Å². The second-order valence-electron chi connectivity index (χ2n) is 3.82. The number of benzene rings is 1. The smallest absolute Gasteiger partial charge is 0.269 e. The Morgan fingerprint density at radius 3 is 2.94 bits per heavy atom. The van der Waals surface area contributed by atoms with E-state index in [1.807, 2.05) is 6.07 Å². The highest BCUT2D eigenvalue weighted by molar-refractivity contribution is 5.34. The summed E-state index contributed by atoms with van der Waals surface area (Å²) in [6.07, 6.45) is 7.30. The van der Waals surface area contributed by atoms with E-state index in [0.29, 0.717) is 6.54 Å². The van der Waals surface area contributed by atoms with Gasteiger partial charge in [0, 0.05) is 18.7 Å². The van der Waals surface area contributed by atoms with Crippen molar-refractivity contribution >= 4 is 5.69 Å². The van der Waals surface area contributed by atoms with Crippen molar-refractivity contribution in [3.63, 3.8) is 0 Å². The van der Waals surface area contributed by atoms with Crippen LogP contribution in [0.3, 0.4) is 0 Å². The van der Waals surface area contributed by atoms with Crippen molar-refractivity contribution in [2.75, 3.05) is 0 Å². The van der Waals surface area contributed by atoms with Gasteiger partial charge in [-0.2, -0.15) is 0 Å². The molecular weight excluding hydrogens is 216 g/mol. The van der Waals surface area contributed by atoms with Crippen molar-refractivity contribution in [1.29, 1.82) is 0 Å². The molecule has 0 aliphatic carbocycles. The normalized spacial score (nSPS) is 11.8. The number of nitrogens with one attached hydrogen (secondary N) is 1.